The molecule has 0 atom stereocenters. The summed E-state index contributed by atoms with van der Waals surface area (Å²) >= 11 is 0. The number of anilines is 1. The number of benzene rings is 1. The first-order chi connectivity index (χ1) is 10.2. The molecule has 5 nitrogen and oxygen atoms in total. The van der Waals surface area contributed by atoms with Crippen molar-refractivity contribution < 1.29 is 9.53 Å². The van der Waals surface area contributed by atoms with Gasteiger partial charge in [0.2, 0.25) is 5.91 Å². The maximum absolute atomic E-state index is 11.6. The minimum atomic E-state index is 0.0359. The van der Waals surface area contributed by atoms with E-state index >= 15 is 0 Å². The topological polar surface area (TPSA) is 53.6 Å². The van der Waals surface area contributed by atoms with Gasteiger partial charge in [-0.15, -0.1) is 0 Å². The number of likely N-dealkylation sites (N-methyl/N-ethyl adjacent to an activating group) is 1. The van der Waals surface area contributed by atoms with Crippen molar-refractivity contribution >= 4 is 11.6 Å². The maximum atomic E-state index is 11.6. The fraction of sp³-hybridized carbons (Fsp3) is 0.562. The Morgan fingerprint density at radius 3 is 2.57 bits per heavy atom. The number of hydrogen-bond donors (Lipinski definition) is 2. The molecule has 1 amide bonds. The third-order valence-corrected chi connectivity index (χ3v) is 3.22. The highest BCUT2D eigenvalue weighted by molar-refractivity contribution is 5.81. The summed E-state index contributed by atoms with van der Waals surface area (Å²) in [4.78, 5) is 13.7. The van der Waals surface area contributed by atoms with Crippen LogP contribution in [0.25, 0.3) is 0 Å². The van der Waals surface area contributed by atoms with Crippen LogP contribution in [-0.4, -0.2) is 46.3 Å². The van der Waals surface area contributed by atoms with E-state index in [-0.39, 0.29) is 5.91 Å². The van der Waals surface area contributed by atoms with Gasteiger partial charge in [0.25, 0.3) is 0 Å². The second kappa shape index (κ2) is 10.2. The van der Waals surface area contributed by atoms with Crippen molar-refractivity contribution in [1.82, 2.24) is 10.6 Å². The van der Waals surface area contributed by atoms with Crippen LogP contribution in [0.3, 0.4) is 0 Å². The lowest BCUT2D eigenvalue weighted by Gasteiger charge is -2.23. The van der Waals surface area contributed by atoms with Crippen LogP contribution < -0.4 is 15.5 Å². The monoisotopic (exact) mass is 293 g/mol. The molecule has 0 aliphatic heterocycles. The predicted molar refractivity (Wildman–Crippen MR) is 86.6 cm³/mol. The van der Waals surface area contributed by atoms with Gasteiger partial charge in [-0.3, -0.25) is 4.79 Å². The number of hydrogen-bond acceptors (Lipinski definition) is 4. The van der Waals surface area contributed by atoms with Gasteiger partial charge in [0, 0.05) is 39.5 Å². The van der Waals surface area contributed by atoms with Crippen LogP contribution in [0.15, 0.2) is 24.3 Å². The molecule has 1 aromatic carbocycles. The van der Waals surface area contributed by atoms with Crippen LogP contribution in [0.1, 0.15) is 18.9 Å². The van der Waals surface area contributed by atoms with Crippen molar-refractivity contribution in [3.8, 4) is 0 Å². The SMILES string of the molecule is CCCN(CC(=O)NC)c1ccc(CNCCOC)cc1. The molecule has 0 saturated carbocycles. The molecule has 0 radical (unpaired) electrons. The number of rotatable bonds is 10. The summed E-state index contributed by atoms with van der Waals surface area (Å²) in [6, 6.07) is 8.35. The Morgan fingerprint density at radius 1 is 1.29 bits per heavy atom. The Bertz CT molecular complexity index is 406. The summed E-state index contributed by atoms with van der Waals surface area (Å²) in [5.41, 5.74) is 2.31. The van der Waals surface area contributed by atoms with E-state index < -0.39 is 0 Å². The molecule has 2 N–H and O–H groups in total. The van der Waals surface area contributed by atoms with E-state index in [1.165, 1.54) is 5.56 Å². The van der Waals surface area contributed by atoms with Crippen molar-refractivity contribution in [3.63, 3.8) is 0 Å². The smallest absolute Gasteiger partial charge is 0.239 e. The van der Waals surface area contributed by atoms with Crippen molar-refractivity contribution in [2.45, 2.75) is 19.9 Å². The Labute approximate surface area is 127 Å². The molecule has 118 valence electrons. The fourth-order valence-electron chi connectivity index (χ4n) is 2.05. The quantitative estimate of drug-likeness (QED) is 0.640. The van der Waals surface area contributed by atoms with Gasteiger partial charge in [-0.25, -0.2) is 0 Å². The van der Waals surface area contributed by atoms with Crippen LogP contribution in [-0.2, 0) is 16.1 Å². The Hall–Kier alpha value is -1.59. The molecule has 5 heteroatoms. The molecule has 0 bridgehead atoms. The minimum Gasteiger partial charge on any atom is -0.383 e. The number of nitrogens with one attached hydrogen (secondary N) is 2. The molecule has 0 spiro atoms. The lowest BCUT2D eigenvalue weighted by molar-refractivity contribution is -0.119. The molecule has 0 fully saturated rings. The highest BCUT2D eigenvalue weighted by Crippen LogP contribution is 2.15. The van der Waals surface area contributed by atoms with E-state index in [0.29, 0.717) is 13.2 Å². The van der Waals surface area contributed by atoms with Gasteiger partial charge < -0.3 is 20.3 Å². The number of amides is 1. The van der Waals surface area contributed by atoms with Gasteiger partial charge in [0.05, 0.1) is 13.2 Å². The molecular formula is C16H27N3O2. The molecule has 0 heterocycles. The molecule has 0 aliphatic rings. The van der Waals surface area contributed by atoms with Crippen LogP contribution in [0.5, 0.6) is 0 Å². The van der Waals surface area contributed by atoms with Gasteiger partial charge in [0.1, 0.15) is 0 Å². The lowest BCUT2D eigenvalue weighted by atomic mass is 10.2. The first-order valence-corrected chi connectivity index (χ1v) is 7.45. The highest BCUT2D eigenvalue weighted by atomic mass is 16.5. The summed E-state index contributed by atoms with van der Waals surface area (Å²) in [6.45, 7) is 5.78. The lowest BCUT2D eigenvalue weighted by Crippen LogP contribution is -2.36. The van der Waals surface area contributed by atoms with E-state index in [2.05, 4.69) is 46.7 Å². The third kappa shape index (κ3) is 6.60. The Balaban J connectivity index is 2.58. The second-order valence-electron chi connectivity index (χ2n) is 4.93. The first kappa shape index (κ1) is 17.5. The van der Waals surface area contributed by atoms with E-state index in [4.69, 9.17) is 4.74 Å². The van der Waals surface area contributed by atoms with Gasteiger partial charge in [-0.2, -0.15) is 0 Å². The normalized spacial score (nSPS) is 10.4. The average molecular weight is 293 g/mol. The fourth-order valence-corrected chi connectivity index (χ4v) is 2.05. The van der Waals surface area contributed by atoms with Gasteiger partial charge in [-0.05, 0) is 24.1 Å². The third-order valence-electron chi connectivity index (χ3n) is 3.22. The predicted octanol–water partition coefficient (Wildman–Crippen LogP) is 1.39. The van der Waals surface area contributed by atoms with Crippen molar-refractivity contribution in [2.75, 3.05) is 45.3 Å². The maximum Gasteiger partial charge on any atom is 0.239 e. The number of carbonyl (C=O) groups excluding carboxylic acids is 1. The summed E-state index contributed by atoms with van der Waals surface area (Å²) in [6.07, 6.45) is 1.01. The van der Waals surface area contributed by atoms with E-state index in [1.807, 2.05) is 0 Å². The molecule has 1 aromatic rings. The van der Waals surface area contributed by atoms with Crippen LogP contribution in [0, 0.1) is 0 Å². The van der Waals surface area contributed by atoms with E-state index in [9.17, 15) is 4.79 Å². The summed E-state index contributed by atoms with van der Waals surface area (Å²) in [5, 5.41) is 5.99. The van der Waals surface area contributed by atoms with Crippen LogP contribution >= 0.6 is 0 Å². The molecule has 0 saturated heterocycles. The number of ether oxygens (including phenoxy) is 1. The van der Waals surface area contributed by atoms with E-state index in [0.717, 1.165) is 31.7 Å². The van der Waals surface area contributed by atoms with Gasteiger partial charge in [0.15, 0.2) is 0 Å². The van der Waals surface area contributed by atoms with E-state index in [1.54, 1.807) is 14.2 Å². The van der Waals surface area contributed by atoms with Crippen molar-refractivity contribution in [1.29, 1.82) is 0 Å². The van der Waals surface area contributed by atoms with Crippen molar-refractivity contribution in [3.05, 3.63) is 29.8 Å². The summed E-state index contributed by atoms with van der Waals surface area (Å²) < 4.78 is 5.00. The summed E-state index contributed by atoms with van der Waals surface area (Å²) in [7, 11) is 3.37. The zero-order valence-corrected chi connectivity index (χ0v) is 13.3. The van der Waals surface area contributed by atoms with Crippen LogP contribution in [0.2, 0.25) is 0 Å². The molecule has 1 rings (SSSR count). The Kier molecular flexibility index (Phi) is 8.47. The number of carbonyl (C=O) groups is 1. The number of methoxy groups -OCH3 is 1. The van der Waals surface area contributed by atoms with Crippen molar-refractivity contribution in [2.24, 2.45) is 0 Å². The first-order valence-electron chi connectivity index (χ1n) is 7.45. The average Bonchev–Trinajstić information content (AvgIpc) is 2.51. The molecular weight excluding hydrogens is 266 g/mol. The number of nitrogens with zero attached hydrogens (tertiary/aromatic N) is 1. The van der Waals surface area contributed by atoms with Gasteiger partial charge >= 0.3 is 0 Å². The Morgan fingerprint density at radius 2 is 2.00 bits per heavy atom. The largest absolute Gasteiger partial charge is 0.383 e. The molecule has 21 heavy (non-hydrogen) atoms. The minimum absolute atomic E-state index is 0.0359. The molecule has 0 aliphatic carbocycles. The highest BCUT2D eigenvalue weighted by Gasteiger charge is 2.09. The molecule has 0 aromatic heterocycles. The summed E-state index contributed by atoms with van der Waals surface area (Å²) in [5.74, 6) is 0.0359. The zero-order chi connectivity index (χ0) is 15.5. The standard InChI is InChI=1S/C16H27N3O2/c1-4-10-19(13-16(20)17-2)15-7-5-14(6-8-15)12-18-9-11-21-3/h5-8,18H,4,9-13H2,1-3H3,(H,17,20). The molecule has 0 unspecified atom stereocenters. The van der Waals surface area contributed by atoms with Gasteiger partial charge in [-0.1, -0.05) is 19.1 Å². The van der Waals surface area contributed by atoms with Crippen LogP contribution in [0.4, 0.5) is 5.69 Å². The second-order valence-corrected chi connectivity index (χ2v) is 4.93. The zero-order valence-electron chi connectivity index (χ0n) is 13.3.